The third kappa shape index (κ3) is 4.19. The first kappa shape index (κ1) is 18.9. The molecule has 4 aromatic carbocycles. The lowest BCUT2D eigenvalue weighted by Crippen LogP contribution is -1.83. The fourth-order valence-corrected chi connectivity index (χ4v) is 3.74. The third-order valence-electron chi connectivity index (χ3n) is 5.04. The van der Waals surface area contributed by atoms with E-state index >= 15 is 0 Å². The first-order chi connectivity index (χ1) is 13.8. The molecule has 0 aromatic heterocycles. The smallest absolute Gasteiger partial charge is 0.0154 e. The summed E-state index contributed by atoms with van der Waals surface area (Å²) in [6, 6.07) is 34.7. The fraction of sp³-hybridized carbons (Fsp3) is 0.0769. The lowest BCUT2D eigenvalue weighted by Gasteiger charge is -2.08. The predicted octanol–water partition coefficient (Wildman–Crippen LogP) is 7.55. The Balaban J connectivity index is 1.53. The molecule has 0 aliphatic rings. The maximum Gasteiger partial charge on any atom is 0.0154 e. The summed E-state index contributed by atoms with van der Waals surface area (Å²) in [7, 11) is 0. The minimum Gasteiger partial charge on any atom is -0.175 e. The Labute approximate surface area is 178 Å². The number of benzene rings is 4. The second kappa shape index (κ2) is 8.72. The van der Waals surface area contributed by atoms with Gasteiger partial charge in [0.1, 0.15) is 0 Å². The van der Waals surface area contributed by atoms with E-state index in [0.29, 0.717) is 0 Å². The molecule has 0 spiro atoms. The average Bonchev–Trinajstić information content (AvgIpc) is 2.79. The summed E-state index contributed by atoms with van der Waals surface area (Å²) in [6.07, 6.45) is 0. The zero-order valence-electron chi connectivity index (χ0n) is 15.5. The van der Waals surface area contributed by atoms with Crippen molar-refractivity contribution in [2.75, 3.05) is 0 Å². The topological polar surface area (TPSA) is 0 Å². The number of hydrogen-bond donors (Lipinski definition) is 2. The number of thiol groups is 2. The van der Waals surface area contributed by atoms with Crippen LogP contribution in [0.4, 0.5) is 0 Å². The molecule has 28 heavy (non-hydrogen) atoms. The molecule has 0 saturated heterocycles. The number of rotatable bonds is 5. The highest BCUT2D eigenvalue weighted by atomic mass is 32.1. The monoisotopic (exact) mass is 398 g/mol. The Morgan fingerprint density at radius 1 is 0.321 bits per heavy atom. The fourth-order valence-electron chi connectivity index (χ4n) is 3.32. The van der Waals surface area contributed by atoms with E-state index in [-0.39, 0.29) is 0 Å². The van der Waals surface area contributed by atoms with Crippen LogP contribution in [0, 0.1) is 0 Å². The van der Waals surface area contributed by atoms with Gasteiger partial charge in [-0.3, -0.25) is 0 Å². The summed E-state index contributed by atoms with van der Waals surface area (Å²) in [4.78, 5) is 0. The van der Waals surface area contributed by atoms with Gasteiger partial charge in [0, 0.05) is 11.5 Å². The van der Waals surface area contributed by atoms with E-state index in [1.54, 1.807) is 0 Å². The first-order valence-electron chi connectivity index (χ1n) is 9.38. The van der Waals surface area contributed by atoms with Crippen LogP contribution in [0.3, 0.4) is 0 Å². The quantitative estimate of drug-likeness (QED) is 0.319. The summed E-state index contributed by atoms with van der Waals surface area (Å²) in [5, 5.41) is 0. The van der Waals surface area contributed by atoms with Crippen LogP contribution < -0.4 is 0 Å². The summed E-state index contributed by atoms with van der Waals surface area (Å²) >= 11 is 8.64. The van der Waals surface area contributed by atoms with Gasteiger partial charge in [-0.25, -0.2) is 0 Å². The molecule has 0 bridgehead atoms. The molecule has 0 heterocycles. The Morgan fingerprint density at radius 2 is 0.500 bits per heavy atom. The van der Waals surface area contributed by atoms with Crippen LogP contribution in [0.25, 0.3) is 33.4 Å². The summed E-state index contributed by atoms with van der Waals surface area (Å²) in [5.41, 5.74) is 9.87. The van der Waals surface area contributed by atoms with Gasteiger partial charge in [-0.05, 0) is 44.5 Å². The van der Waals surface area contributed by atoms with Crippen molar-refractivity contribution in [3.05, 3.63) is 108 Å². The largest absolute Gasteiger partial charge is 0.175 e. The van der Waals surface area contributed by atoms with E-state index < -0.39 is 0 Å². The van der Waals surface area contributed by atoms with Crippen LogP contribution >= 0.6 is 25.3 Å². The van der Waals surface area contributed by atoms with Crippen molar-refractivity contribution in [1.29, 1.82) is 0 Å². The van der Waals surface area contributed by atoms with Gasteiger partial charge in [-0.2, -0.15) is 25.3 Å². The Morgan fingerprint density at radius 3 is 0.679 bits per heavy atom. The van der Waals surface area contributed by atoms with Crippen LogP contribution in [0.5, 0.6) is 0 Å². The molecule has 4 rings (SSSR count). The van der Waals surface area contributed by atoms with Crippen LogP contribution in [0.15, 0.2) is 97.1 Å². The molecule has 0 fully saturated rings. The molecule has 0 N–H and O–H groups in total. The summed E-state index contributed by atoms with van der Waals surface area (Å²) in [6.45, 7) is 0. The molecule has 0 aliphatic heterocycles. The van der Waals surface area contributed by atoms with Crippen molar-refractivity contribution >= 4 is 25.3 Å². The second-order valence-corrected chi connectivity index (χ2v) is 7.50. The van der Waals surface area contributed by atoms with Gasteiger partial charge in [-0.15, -0.1) is 0 Å². The maximum atomic E-state index is 4.32. The van der Waals surface area contributed by atoms with Crippen molar-refractivity contribution < 1.29 is 0 Å². The van der Waals surface area contributed by atoms with Crippen LogP contribution in [0.1, 0.15) is 11.1 Å². The lowest BCUT2D eigenvalue weighted by molar-refractivity contribution is 1.42. The highest BCUT2D eigenvalue weighted by Crippen LogP contribution is 2.28. The SMILES string of the molecule is SCc1ccc(-c2ccc(-c3ccc(-c4ccc(CS)cc4)cc3)cc2)cc1. The minimum absolute atomic E-state index is 0.772. The second-order valence-electron chi connectivity index (χ2n) is 6.86. The van der Waals surface area contributed by atoms with E-state index in [4.69, 9.17) is 0 Å². The third-order valence-corrected chi connectivity index (χ3v) is 5.77. The average molecular weight is 399 g/mol. The van der Waals surface area contributed by atoms with Gasteiger partial charge >= 0.3 is 0 Å². The molecule has 0 radical (unpaired) electrons. The molecule has 0 saturated carbocycles. The molecule has 138 valence electrons. The Bertz CT molecular complexity index is 941. The Hall–Kier alpha value is -2.42. The molecule has 4 aromatic rings. The summed E-state index contributed by atoms with van der Waals surface area (Å²) < 4.78 is 0. The van der Waals surface area contributed by atoms with E-state index in [2.05, 4.69) is 122 Å². The highest BCUT2D eigenvalue weighted by Gasteiger charge is 2.03. The first-order valence-corrected chi connectivity index (χ1v) is 10.6. The highest BCUT2D eigenvalue weighted by molar-refractivity contribution is 7.79. The van der Waals surface area contributed by atoms with Crippen LogP contribution in [-0.2, 0) is 11.5 Å². The lowest BCUT2D eigenvalue weighted by atomic mass is 9.97. The molecule has 0 atom stereocenters. The van der Waals surface area contributed by atoms with E-state index in [0.717, 1.165) is 11.5 Å². The zero-order chi connectivity index (χ0) is 19.3. The normalized spacial score (nSPS) is 10.8. The molecule has 0 amide bonds. The molecule has 0 aliphatic carbocycles. The number of hydrogen-bond acceptors (Lipinski definition) is 2. The Kier molecular flexibility index (Phi) is 5.90. The predicted molar refractivity (Wildman–Crippen MR) is 128 cm³/mol. The standard InChI is InChI=1S/C26H22S2/c27-17-19-1-5-21(6-2-19)23-9-13-25(14-10-23)26-15-11-24(12-16-26)22-7-3-20(18-28)4-8-22/h1-16,27-28H,17-18H2. The van der Waals surface area contributed by atoms with Gasteiger partial charge in [0.2, 0.25) is 0 Å². The molecule has 0 nitrogen and oxygen atoms in total. The summed E-state index contributed by atoms with van der Waals surface area (Å²) in [5.74, 6) is 1.54. The maximum absolute atomic E-state index is 4.32. The molecule has 0 unspecified atom stereocenters. The molecule has 2 heteroatoms. The van der Waals surface area contributed by atoms with E-state index in [1.165, 1.54) is 44.5 Å². The zero-order valence-corrected chi connectivity index (χ0v) is 17.3. The molecular weight excluding hydrogens is 376 g/mol. The van der Waals surface area contributed by atoms with Crippen molar-refractivity contribution in [2.24, 2.45) is 0 Å². The van der Waals surface area contributed by atoms with Gasteiger partial charge in [0.15, 0.2) is 0 Å². The van der Waals surface area contributed by atoms with E-state index in [9.17, 15) is 0 Å². The minimum atomic E-state index is 0.772. The van der Waals surface area contributed by atoms with Crippen molar-refractivity contribution in [3.63, 3.8) is 0 Å². The van der Waals surface area contributed by atoms with Gasteiger partial charge in [-0.1, -0.05) is 97.1 Å². The van der Waals surface area contributed by atoms with Crippen LogP contribution in [0.2, 0.25) is 0 Å². The van der Waals surface area contributed by atoms with E-state index in [1.807, 2.05) is 0 Å². The van der Waals surface area contributed by atoms with Crippen molar-refractivity contribution in [3.8, 4) is 33.4 Å². The van der Waals surface area contributed by atoms with Gasteiger partial charge in [0.25, 0.3) is 0 Å². The van der Waals surface area contributed by atoms with Crippen molar-refractivity contribution in [2.45, 2.75) is 11.5 Å². The van der Waals surface area contributed by atoms with Crippen LogP contribution in [-0.4, -0.2) is 0 Å². The van der Waals surface area contributed by atoms with Gasteiger partial charge < -0.3 is 0 Å². The van der Waals surface area contributed by atoms with Crippen molar-refractivity contribution in [1.82, 2.24) is 0 Å². The van der Waals surface area contributed by atoms with Gasteiger partial charge in [0.05, 0.1) is 0 Å². The molecular formula is C26H22S2.